The first-order chi connectivity index (χ1) is 13.2. The zero-order valence-electron chi connectivity index (χ0n) is 15.8. The summed E-state index contributed by atoms with van der Waals surface area (Å²) < 4.78 is 5.17. The second kappa shape index (κ2) is 8.05. The average Bonchev–Trinajstić information content (AvgIpc) is 2.74. The summed E-state index contributed by atoms with van der Waals surface area (Å²) >= 11 is 0. The van der Waals surface area contributed by atoms with Gasteiger partial charge in [0.2, 0.25) is 5.91 Å². The summed E-state index contributed by atoms with van der Waals surface area (Å²) in [4.78, 5) is 24.0. The molecule has 6 nitrogen and oxygen atoms in total. The number of nitrogens with zero attached hydrogens (tertiary/aromatic N) is 3. The summed E-state index contributed by atoms with van der Waals surface area (Å²) in [6.07, 6.45) is 6.68. The van der Waals surface area contributed by atoms with E-state index in [-0.39, 0.29) is 11.9 Å². The molecule has 142 valence electrons. The van der Waals surface area contributed by atoms with Crippen LogP contribution in [0.2, 0.25) is 0 Å². The highest BCUT2D eigenvalue weighted by atomic mass is 16.5. The Morgan fingerprint density at radius 3 is 2.89 bits per heavy atom. The number of carbonyl (C=O) groups is 1. The van der Waals surface area contributed by atoms with Crippen LogP contribution in [0, 0.1) is 0 Å². The highest BCUT2D eigenvalue weighted by molar-refractivity contribution is 5.79. The lowest BCUT2D eigenvalue weighted by Gasteiger charge is -2.29. The Kier molecular flexibility index (Phi) is 5.34. The van der Waals surface area contributed by atoms with E-state index in [0.29, 0.717) is 13.0 Å². The Hall–Kier alpha value is -2.47. The normalized spacial score (nSPS) is 19.4. The fraction of sp³-hybridized carbons (Fsp3) is 0.476. The molecule has 0 spiro atoms. The standard InChI is InChI=1S/C21H26N4O2/c1-27-17-7-5-15(6-8-17)12-20(26)25-11-9-18-16(14-25)13-23-21(24-18)19-4-2-3-10-22-19/h5-8,13,19,22H,2-4,9-12,14H2,1H3/t19-/m1/s1. The fourth-order valence-corrected chi connectivity index (χ4v) is 3.81. The van der Waals surface area contributed by atoms with Crippen molar-refractivity contribution in [1.82, 2.24) is 20.2 Å². The lowest BCUT2D eigenvalue weighted by atomic mass is 10.0. The summed E-state index contributed by atoms with van der Waals surface area (Å²) in [5.74, 6) is 1.86. The summed E-state index contributed by atoms with van der Waals surface area (Å²) in [5.41, 5.74) is 3.17. The van der Waals surface area contributed by atoms with Crippen molar-refractivity contribution >= 4 is 5.91 Å². The molecule has 0 unspecified atom stereocenters. The first-order valence-electron chi connectivity index (χ1n) is 9.71. The first kappa shape index (κ1) is 17.9. The molecule has 0 aliphatic carbocycles. The van der Waals surface area contributed by atoms with Crippen molar-refractivity contribution in [3.05, 3.63) is 53.1 Å². The lowest BCUT2D eigenvalue weighted by Crippen LogP contribution is -2.38. The third-order valence-electron chi connectivity index (χ3n) is 5.44. The van der Waals surface area contributed by atoms with E-state index in [1.807, 2.05) is 35.4 Å². The van der Waals surface area contributed by atoms with E-state index in [2.05, 4.69) is 10.3 Å². The topological polar surface area (TPSA) is 67.3 Å². The van der Waals surface area contributed by atoms with Crippen molar-refractivity contribution < 1.29 is 9.53 Å². The number of piperidine rings is 1. The Balaban J connectivity index is 1.40. The Morgan fingerprint density at radius 2 is 2.15 bits per heavy atom. The first-order valence-corrected chi connectivity index (χ1v) is 9.71. The van der Waals surface area contributed by atoms with Crippen LogP contribution < -0.4 is 10.1 Å². The summed E-state index contributed by atoms with van der Waals surface area (Å²) in [6.45, 7) is 2.36. The van der Waals surface area contributed by atoms with Crippen molar-refractivity contribution in [3.8, 4) is 5.75 Å². The van der Waals surface area contributed by atoms with Gasteiger partial charge in [0.25, 0.3) is 0 Å². The van der Waals surface area contributed by atoms with E-state index in [9.17, 15) is 4.79 Å². The van der Waals surface area contributed by atoms with E-state index < -0.39 is 0 Å². The van der Waals surface area contributed by atoms with Crippen LogP contribution in [0.15, 0.2) is 30.5 Å². The number of rotatable bonds is 4. The molecule has 4 rings (SSSR count). The molecule has 0 radical (unpaired) electrons. The van der Waals surface area contributed by atoms with Crippen LogP contribution in [0.5, 0.6) is 5.75 Å². The second-order valence-electron chi connectivity index (χ2n) is 7.29. The Labute approximate surface area is 160 Å². The van der Waals surface area contributed by atoms with Crippen molar-refractivity contribution in [3.63, 3.8) is 0 Å². The van der Waals surface area contributed by atoms with E-state index in [1.165, 1.54) is 12.8 Å². The number of aromatic nitrogens is 2. The summed E-state index contributed by atoms with van der Waals surface area (Å²) in [5, 5.41) is 3.51. The van der Waals surface area contributed by atoms with Crippen LogP contribution in [0.1, 0.15) is 47.9 Å². The molecule has 1 saturated heterocycles. The van der Waals surface area contributed by atoms with Gasteiger partial charge in [0.1, 0.15) is 11.6 Å². The molecule has 2 aliphatic heterocycles. The van der Waals surface area contributed by atoms with E-state index in [1.54, 1.807) is 7.11 Å². The van der Waals surface area contributed by atoms with Gasteiger partial charge in [0.15, 0.2) is 0 Å². The molecule has 1 fully saturated rings. The van der Waals surface area contributed by atoms with E-state index in [4.69, 9.17) is 9.72 Å². The number of hydrogen-bond donors (Lipinski definition) is 1. The predicted octanol–water partition coefficient (Wildman–Crippen LogP) is 2.43. The van der Waals surface area contributed by atoms with Gasteiger partial charge in [-0.25, -0.2) is 9.97 Å². The summed E-state index contributed by atoms with van der Waals surface area (Å²) in [7, 11) is 1.64. The number of ether oxygens (including phenoxy) is 1. The molecule has 0 saturated carbocycles. The summed E-state index contributed by atoms with van der Waals surface area (Å²) in [6, 6.07) is 7.95. The minimum Gasteiger partial charge on any atom is -0.497 e. The van der Waals surface area contributed by atoms with Gasteiger partial charge in [-0.3, -0.25) is 4.79 Å². The molecule has 1 N–H and O–H groups in total. The maximum absolute atomic E-state index is 12.7. The maximum atomic E-state index is 12.7. The lowest BCUT2D eigenvalue weighted by molar-refractivity contribution is -0.131. The average molecular weight is 366 g/mol. The van der Waals surface area contributed by atoms with Crippen molar-refractivity contribution in [2.24, 2.45) is 0 Å². The molecule has 2 aromatic rings. The number of carbonyl (C=O) groups excluding carboxylic acids is 1. The zero-order chi connectivity index (χ0) is 18.6. The molecule has 1 atom stereocenters. The van der Waals surface area contributed by atoms with Crippen LogP contribution in [0.4, 0.5) is 0 Å². The fourth-order valence-electron chi connectivity index (χ4n) is 3.81. The smallest absolute Gasteiger partial charge is 0.227 e. The van der Waals surface area contributed by atoms with Gasteiger partial charge in [-0.05, 0) is 37.1 Å². The van der Waals surface area contributed by atoms with E-state index >= 15 is 0 Å². The number of fused-ring (bicyclic) bond motifs is 1. The van der Waals surface area contributed by atoms with Crippen molar-refractivity contribution in [2.45, 2.75) is 44.7 Å². The Bertz CT molecular complexity index is 800. The molecule has 6 heteroatoms. The maximum Gasteiger partial charge on any atom is 0.227 e. The highest BCUT2D eigenvalue weighted by Crippen LogP contribution is 2.23. The minimum atomic E-state index is 0.142. The number of amides is 1. The molecular formula is C21H26N4O2. The predicted molar refractivity (Wildman–Crippen MR) is 102 cm³/mol. The molecule has 3 heterocycles. The quantitative estimate of drug-likeness (QED) is 0.900. The number of nitrogens with one attached hydrogen (secondary N) is 1. The molecular weight excluding hydrogens is 340 g/mol. The van der Waals surface area contributed by atoms with Crippen LogP contribution in [0.25, 0.3) is 0 Å². The van der Waals surface area contributed by atoms with Crippen molar-refractivity contribution in [1.29, 1.82) is 0 Å². The third kappa shape index (κ3) is 4.11. The van der Waals surface area contributed by atoms with Gasteiger partial charge < -0.3 is 15.0 Å². The monoisotopic (exact) mass is 366 g/mol. The highest BCUT2D eigenvalue weighted by Gasteiger charge is 2.24. The SMILES string of the molecule is COc1ccc(CC(=O)N2CCc3nc([C@H]4CCCCN4)ncc3C2)cc1. The second-order valence-corrected chi connectivity index (χ2v) is 7.29. The van der Waals surface area contributed by atoms with Crippen LogP contribution in [-0.2, 0) is 24.2 Å². The van der Waals surface area contributed by atoms with Crippen LogP contribution >= 0.6 is 0 Å². The molecule has 2 aliphatic rings. The van der Waals surface area contributed by atoms with Crippen LogP contribution in [-0.4, -0.2) is 41.0 Å². The van der Waals surface area contributed by atoms with Gasteiger partial charge >= 0.3 is 0 Å². The molecule has 1 aromatic heterocycles. The van der Waals surface area contributed by atoms with Crippen LogP contribution in [0.3, 0.4) is 0 Å². The van der Waals surface area contributed by atoms with Gasteiger partial charge in [-0.15, -0.1) is 0 Å². The van der Waals surface area contributed by atoms with Gasteiger partial charge in [-0.1, -0.05) is 18.6 Å². The number of methoxy groups -OCH3 is 1. The third-order valence-corrected chi connectivity index (χ3v) is 5.44. The van der Waals surface area contributed by atoms with Gasteiger partial charge in [0.05, 0.1) is 25.3 Å². The van der Waals surface area contributed by atoms with Gasteiger partial charge in [0, 0.05) is 31.3 Å². The number of benzene rings is 1. The zero-order valence-corrected chi connectivity index (χ0v) is 15.8. The minimum absolute atomic E-state index is 0.142. The molecule has 27 heavy (non-hydrogen) atoms. The Morgan fingerprint density at radius 1 is 1.30 bits per heavy atom. The molecule has 1 amide bonds. The largest absolute Gasteiger partial charge is 0.497 e. The molecule has 1 aromatic carbocycles. The van der Waals surface area contributed by atoms with E-state index in [0.717, 1.165) is 54.3 Å². The van der Waals surface area contributed by atoms with Gasteiger partial charge in [-0.2, -0.15) is 0 Å². The number of hydrogen-bond acceptors (Lipinski definition) is 5. The molecule has 0 bridgehead atoms. The van der Waals surface area contributed by atoms with Crippen molar-refractivity contribution in [2.75, 3.05) is 20.2 Å².